The van der Waals surface area contributed by atoms with Crippen LogP contribution >= 0.6 is 0 Å². The Bertz CT molecular complexity index is 1200. The van der Waals surface area contributed by atoms with Gasteiger partial charge in [-0.25, -0.2) is 5.01 Å². The van der Waals surface area contributed by atoms with Crippen molar-refractivity contribution in [2.24, 2.45) is 17.8 Å². The number of hydrazine groups is 1. The molecule has 0 spiro atoms. The monoisotopic (exact) mass is 466 g/mol. The molecule has 0 bridgehead atoms. The highest BCUT2D eigenvalue weighted by atomic mass is 16.6. The van der Waals surface area contributed by atoms with Crippen LogP contribution in [0.25, 0.3) is 0 Å². The summed E-state index contributed by atoms with van der Waals surface area (Å²) in [6.07, 6.45) is 1.80. The van der Waals surface area contributed by atoms with Gasteiger partial charge in [-0.1, -0.05) is 31.2 Å². The molecule has 1 saturated carbocycles. The molecule has 11 nitrogen and oxygen atoms in total. The van der Waals surface area contributed by atoms with Crippen molar-refractivity contribution < 1.29 is 24.2 Å². The molecule has 34 heavy (non-hydrogen) atoms. The van der Waals surface area contributed by atoms with Crippen molar-refractivity contribution in [1.82, 2.24) is 10.0 Å². The number of hydrogen-bond acceptors (Lipinski definition) is 7. The number of para-hydroxylation sites is 1. The number of fused-ring (bicyclic) bond motifs is 1. The number of imide groups is 1. The summed E-state index contributed by atoms with van der Waals surface area (Å²) in [5.74, 6) is -2.78. The number of carbonyl (C=O) groups is 3. The molecule has 2 aromatic carbocycles. The number of benzene rings is 2. The maximum Gasteiger partial charge on any atom is 0.274 e. The van der Waals surface area contributed by atoms with Gasteiger partial charge in [0.15, 0.2) is 0 Å². The molecule has 1 heterocycles. The first-order valence-electron chi connectivity index (χ1n) is 10.9. The van der Waals surface area contributed by atoms with Crippen LogP contribution in [0.15, 0.2) is 48.5 Å². The molecule has 0 radical (unpaired) electrons. The minimum Gasteiger partial charge on any atom is -0.272 e. The number of nitro groups is 2. The predicted octanol–water partition coefficient (Wildman–Crippen LogP) is 3.48. The molecule has 2 fully saturated rings. The van der Waals surface area contributed by atoms with E-state index in [-0.39, 0.29) is 28.4 Å². The minimum absolute atomic E-state index is 0.114. The maximum atomic E-state index is 13.5. The molecule has 1 aliphatic carbocycles. The van der Waals surface area contributed by atoms with Crippen LogP contribution in [0.1, 0.15) is 42.1 Å². The molecule has 11 heteroatoms. The molecule has 0 unspecified atom stereocenters. The number of non-ortho nitro benzene ring substituents is 1. The lowest BCUT2D eigenvalue weighted by atomic mass is 9.76. The quantitative estimate of drug-likeness (QED) is 0.360. The van der Waals surface area contributed by atoms with Gasteiger partial charge in [-0.05, 0) is 31.2 Å². The summed E-state index contributed by atoms with van der Waals surface area (Å²) in [6, 6.07) is 10.6. The molecule has 3 atom stereocenters. The van der Waals surface area contributed by atoms with Gasteiger partial charge < -0.3 is 0 Å². The van der Waals surface area contributed by atoms with Gasteiger partial charge in [0.25, 0.3) is 29.1 Å². The first kappa shape index (κ1) is 23.0. The largest absolute Gasteiger partial charge is 0.274 e. The number of amides is 3. The van der Waals surface area contributed by atoms with Crippen LogP contribution in [-0.4, -0.2) is 37.6 Å². The Morgan fingerprint density at radius 3 is 2.41 bits per heavy atom. The van der Waals surface area contributed by atoms with Gasteiger partial charge in [-0.3, -0.25) is 34.6 Å². The lowest BCUT2D eigenvalue weighted by Gasteiger charge is -2.30. The third-order valence-corrected chi connectivity index (χ3v) is 6.45. The number of rotatable bonds is 6. The van der Waals surface area contributed by atoms with Gasteiger partial charge in [0.1, 0.15) is 0 Å². The van der Waals surface area contributed by atoms with Crippen molar-refractivity contribution in [1.29, 1.82) is 0 Å². The SMILES string of the molecule is C[C@@H]1CC[C@@H]2C(=O)N(N(Cc3ccccc3[N+](=O)[O-])C(=O)c3cccc([N+](=O)[O-])c3)C(=O)[C@H]2C1. The zero-order chi connectivity index (χ0) is 24.6. The lowest BCUT2D eigenvalue weighted by molar-refractivity contribution is -0.385. The van der Waals surface area contributed by atoms with Crippen molar-refractivity contribution in [2.45, 2.75) is 32.7 Å². The summed E-state index contributed by atoms with van der Waals surface area (Å²) in [6.45, 7) is 1.57. The lowest BCUT2D eigenvalue weighted by Crippen LogP contribution is -2.49. The Hall–Kier alpha value is -4.15. The molecule has 2 aromatic rings. The van der Waals surface area contributed by atoms with Crippen molar-refractivity contribution >= 4 is 29.1 Å². The van der Waals surface area contributed by atoms with E-state index in [1.807, 2.05) is 6.92 Å². The van der Waals surface area contributed by atoms with Crippen molar-refractivity contribution in [3.05, 3.63) is 79.9 Å². The smallest absolute Gasteiger partial charge is 0.272 e. The van der Waals surface area contributed by atoms with Gasteiger partial charge >= 0.3 is 0 Å². The van der Waals surface area contributed by atoms with Crippen LogP contribution in [0.3, 0.4) is 0 Å². The average Bonchev–Trinajstić information content (AvgIpc) is 3.06. The Kier molecular flexibility index (Phi) is 6.10. The van der Waals surface area contributed by atoms with Crippen LogP contribution in [0, 0.1) is 38.0 Å². The zero-order valence-electron chi connectivity index (χ0n) is 18.3. The van der Waals surface area contributed by atoms with E-state index in [9.17, 15) is 34.6 Å². The molecular weight excluding hydrogens is 444 g/mol. The molecular formula is C23H22N4O7. The second kappa shape index (κ2) is 9.00. The van der Waals surface area contributed by atoms with Crippen molar-refractivity contribution in [3.63, 3.8) is 0 Å². The van der Waals surface area contributed by atoms with E-state index in [1.54, 1.807) is 6.07 Å². The minimum atomic E-state index is -0.838. The Morgan fingerprint density at radius 1 is 1.00 bits per heavy atom. The maximum absolute atomic E-state index is 13.5. The summed E-state index contributed by atoms with van der Waals surface area (Å²) in [4.78, 5) is 61.6. The van der Waals surface area contributed by atoms with E-state index < -0.39 is 45.9 Å². The molecule has 0 N–H and O–H groups in total. The van der Waals surface area contributed by atoms with Crippen LogP contribution in [-0.2, 0) is 16.1 Å². The fourth-order valence-corrected chi connectivity index (χ4v) is 4.73. The van der Waals surface area contributed by atoms with Crippen LogP contribution in [0.4, 0.5) is 11.4 Å². The predicted molar refractivity (Wildman–Crippen MR) is 118 cm³/mol. The van der Waals surface area contributed by atoms with E-state index in [1.165, 1.54) is 36.4 Å². The topological polar surface area (TPSA) is 144 Å². The van der Waals surface area contributed by atoms with Crippen molar-refractivity contribution in [2.75, 3.05) is 0 Å². The molecule has 4 rings (SSSR count). The number of carbonyl (C=O) groups excluding carboxylic acids is 3. The van der Waals surface area contributed by atoms with E-state index in [2.05, 4.69) is 0 Å². The van der Waals surface area contributed by atoms with Gasteiger partial charge in [0.2, 0.25) is 0 Å². The fourth-order valence-electron chi connectivity index (χ4n) is 4.73. The van der Waals surface area contributed by atoms with Gasteiger partial charge in [0, 0.05) is 23.8 Å². The molecule has 2 aliphatic rings. The molecule has 0 aromatic heterocycles. The highest BCUT2D eigenvalue weighted by molar-refractivity contribution is 6.07. The third kappa shape index (κ3) is 4.12. The molecule has 176 valence electrons. The molecule has 1 aliphatic heterocycles. The van der Waals surface area contributed by atoms with E-state index in [0.717, 1.165) is 22.5 Å². The standard InChI is InChI=1S/C23H22N4O7/c1-14-9-10-18-19(11-14)23(30)25(22(18)29)24(13-16-5-2-3-8-20(16)27(33)34)21(28)15-6-4-7-17(12-15)26(31)32/h2-8,12,14,18-19H,9-11,13H2,1H3/t14-,18+,19+/m1/s1. The Labute approximate surface area is 194 Å². The van der Waals surface area contributed by atoms with Crippen LogP contribution in [0.2, 0.25) is 0 Å². The zero-order valence-corrected chi connectivity index (χ0v) is 18.3. The van der Waals surface area contributed by atoms with Crippen LogP contribution < -0.4 is 0 Å². The van der Waals surface area contributed by atoms with Gasteiger partial charge in [0.05, 0.1) is 33.8 Å². The van der Waals surface area contributed by atoms with E-state index in [4.69, 9.17) is 0 Å². The van der Waals surface area contributed by atoms with E-state index >= 15 is 0 Å². The molecule has 1 saturated heterocycles. The summed E-state index contributed by atoms with van der Waals surface area (Å²) >= 11 is 0. The third-order valence-electron chi connectivity index (χ3n) is 6.45. The van der Waals surface area contributed by atoms with Crippen LogP contribution in [0.5, 0.6) is 0 Å². The summed E-state index contributed by atoms with van der Waals surface area (Å²) in [5, 5.41) is 24.4. The number of hydrogen-bond donors (Lipinski definition) is 0. The Balaban J connectivity index is 1.77. The highest BCUT2D eigenvalue weighted by Crippen LogP contribution is 2.41. The summed E-state index contributed by atoms with van der Waals surface area (Å²) in [7, 11) is 0. The van der Waals surface area contributed by atoms with E-state index in [0.29, 0.717) is 12.8 Å². The number of nitrogens with zero attached hydrogens (tertiary/aromatic N) is 4. The van der Waals surface area contributed by atoms with Crippen molar-refractivity contribution in [3.8, 4) is 0 Å². The fraction of sp³-hybridized carbons (Fsp3) is 0.348. The number of nitro benzene ring substituents is 2. The highest BCUT2D eigenvalue weighted by Gasteiger charge is 2.52. The summed E-state index contributed by atoms with van der Waals surface area (Å²) in [5.41, 5.74) is -0.603. The molecule has 3 amide bonds. The second-order valence-electron chi connectivity index (χ2n) is 8.68. The summed E-state index contributed by atoms with van der Waals surface area (Å²) < 4.78 is 0. The van der Waals surface area contributed by atoms with Gasteiger partial charge in [-0.2, -0.15) is 5.01 Å². The van der Waals surface area contributed by atoms with Gasteiger partial charge in [-0.15, -0.1) is 0 Å². The Morgan fingerprint density at radius 2 is 1.71 bits per heavy atom. The normalized spacial score (nSPS) is 21.8. The first-order valence-corrected chi connectivity index (χ1v) is 10.9. The average molecular weight is 466 g/mol. The second-order valence-corrected chi connectivity index (χ2v) is 8.68. The first-order chi connectivity index (χ1) is 16.2.